The zero-order valence-corrected chi connectivity index (χ0v) is 15.2. The smallest absolute Gasteiger partial charge is 0.269 e. The number of hydrogen-bond donors (Lipinski definition) is 0. The van der Waals surface area contributed by atoms with Crippen molar-refractivity contribution >= 4 is 11.4 Å². The van der Waals surface area contributed by atoms with E-state index in [1.807, 2.05) is 53.6 Å². The summed E-state index contributed by atoms with van der Waals surface area (Å²) in [5, 5.41) is 12.7. The number of para-hydroxylation sites is 1. The molecule has 1 aliphatic heterocycles. The Morgan fingerprint density at radius 3 is 2.25 bits per heavy atom. The molecule has 0 radical (unpaired) electrons. The Balaban J connectivity index is 1.47. The van der Waals surface area contributed by atoms with Crippen LogP contribution in [0.15, 0.2) is 84.9 Å². The fourth-order valence-corrected chi connectivity index (χ4v) is 3.34. The molecule has 3 aromatic rings. The summed E-state index contributed by atoms with van der Waals surface area (Å²) in [6, 6.07) is 26.4. The zero-order valence-electron chi connectivity index (χ0n) is 15.2. The van der Waals surface area contributed by atoms with E-state index in [0.717, 1.165) is 12.1 Å². The number of ether oxygens (including phenoxy) is 1. The fourth-order valence-electron chi connectivity index (χ4n) is 3.34. The van der Waals surface area contributed by atoms with E-state index in [2.05, 4.69) is 12.1 Å². The van der Waals surface area contributed by atoms with E-state index in [9.17, 15) is 10.1 Å². The highest BCUT2D eigenvalue weighted by Gasteiger charge is 2.35. The molecule has 0 unspecified atom stereocenters. The van der Waals surface area contributed by atoms with Crippen molar-refractivity contribution in [3.05, 3.63) is 101 Å². The largest absolute Gasteiger partial charge is 0.491 e. The van der Waals surface area contributed by atoms with Gasteiger partial charge in [0.1, 0.15) is 18.5 Å². The van der Waals surface area contributed by atoms with Crippen molar-refractivity contribution < 1.29 is 14.5 Å². The van der Waals surface area contributed by atoms with Crippen LogP contribution in [0.1, 0.15) is 18.0 Å². The van der Waals surface area contributed by atoms with Crippen LogP contribution in [0.2, 0.25) is 0 Å². The van der Waals surface area contributed by atoms with Crippen LogP contribution in [-0.2, 0) is 4.84 Å². The van der Waals surface area contributed by atoms with E-state index >= 15 is 0 Å². The van der Waals surface area contributed by atoms with Crippen molar-refractivity contribution in [2.24, 2.45) is 0 Å². The molecule has 142 valence electrons. The first-order valence-electron chi connectivity index (χ1n) is 9.14. The number of hydroxylamine groups is 1. The van der Waals surface area contributed by atoms with Crippen molar-refractivity contribution in [2.45, 2.75) is 18.6 Å². The average molecular weight is 376 g/mol. The van der Waals surface area contributed by atoms with Crippen LogP contribution in [0, 0.1) is 10.1 Å². The first-order valence-corrected chi connectivity index (χ1v) is 9.14. The van der Waals surface area contributed by atoms with Crippen molar-refractivity contribution in [3.63, 3.8) is 0 Å². The minimum Gasteiger partial charge on any atom is -0.491 e. The lowest BCUT2D eigenvalue weighted by molar-refractivity contribution is -0.384. The molecule has 4 rings (SSSR count). The Labute approximate surface area is 163 Å². The minimum absolute atomic E-state index is 0.0452. The van der Waals surface area contributed by atoms with Crippen molar-refractivity contribution in [2.75, 3.05) is 11.7 Å². The Morgan fingerprint density at radius 1 is 0.964 bits per heavy atom. The Morgan fingerprint density at radius 2 is 1.61 bits per heavy atom. The van der Waals surface area contributed by atoms with Gasteiger partial charge in [-0.3, -0.25) is 15.0 Å². The normalized spacial score (nSPS) is 18.8. The molecule has 1 aliphatic rings. The van der Waals surface area contributed by atoms with Crippen molar-refractivity contribution in [1.29, 1.82) is 0 Å². The third kappa shape index (κ3) is 3.97. The average Bonchev–Trinajstić information content (AvgIpc) is 3.18. The first-order chi connectivity index (χ1) is 13.7. The highest BCUT2D eigenvalue weighted by atomic mass is 16.7. The van der Waals surface area contributed by atoms with Crippen molar-refractivity contribution in [1.82, 2.24) is 0 Å². The lowest BCUT2D eigenvalue weighted by atomic mass is 10.0. The molecule has 1 fully saturated rings. The maximum absolute atomic E-state index is 10.8. The maximum atomic E-state index is 10.8. The number of nitro benzene ring substituents is 1. The summed E-state index contributed by atoms with van der Waals surface area (Å²) in [6.45, 7) is 0.366. The van der Waals surface area contributed by atoms with Crippen LogP contribution in [0.3, 0.4) is 0 Å². The molecule has 0 aromatic heterocycles. The van der Waals surface area contributed by atoms with E-state index in [0.29, 0.717) is 12.4 Å². The van der Waals surface area contributed by atoms with Gasteiger partial charge in [-0.1, -0.05) is 48.5 Å². The van der Waals surface area contributed by atoms with Crippen LogP contribution in [0.5, 0.6) is 5.75 Å². The summed E-state index contributed by atoms with van der Waals surface area (Å²) in [7, 11) is 0. The van der Waals surface area contributed by atoms with Gasteiger partial charge in [0, 0.05) is 18.6 Å². The number of anilines is 1. The molecule has 1 saturated heterocycles. The summed E-state index contributed by atoms with van der Waals surface area (Å²) in [4.78, 5) is 16.5. The molecule has 28 heavy (non-hydrogen) atoms. The molecule has 1 heterocycles. The van der Waals surface area contributed by atoms with Crippen LogP contribution >= 0.6 is 0 Å². The van der Waals surface area contributed by atoms with Gasteiger partial charge in [-0.25, -0.2) is 5.06 Å². The van der Waals surface area contributed by atoms with Gasteiger partial charge in [0.25, 0.3) is 5.69 Å². The van der Waals surface area contributed by atoms with E-state index in [4.69, 9.17) is 9.57 Å². The molecular weight excluding hydrogens is 356 g/mol. The lowest BCUT2D eigenvalue weighted by Crippen LogP contribution is -2.23. The van der Waals surface area contributed by atoms with Gasteiger partial charge in [0.15, 0.2) is 0 Å². The zero-order chi connectivity index (χ0) is 19.3. The predicted molar refractivity (Wildman–Crippen MR) is 106 cm³/mol. The molecule has 2 atom stereocenters. The second kappa shape index (κ2) is 8.10. The molecule has 0 amide bonds. The minimum atomic E-state index is -0.425. The highest BCUT2D eigenvalue weighted by molar-refractivity contribution is 5.47. The Kier molecular flexibility index (Phi) is 5.21. The van der Waals surface area contributed by atoms with Crippen molar-refractivity contribution in [3.8, 4) is 5.75 Å². The van der Waals surface area contributed by atoms with Crippen LogP contribution in [-0.4, -0.2) is 17.6 Å². The Bertz CT molecular complexity index is 869. The number of benzene rings is 3. The molecule has 0 aliphatic carbocycles. The molecule has 3 aromatic carbocycles. The molecule has 0 bridgehead atoms. The second-order valence-corrected chi connectivity index (χ2v) is 6.61. The molecular formula is C22H20N2O4. The fraction of sp³-hybridized carbons (Fsp3) is 0.182. The second-order valence-electron chi connectivity index (χ2n) is 6.61. The number of nitrogens with zero attached hydrogens (tertiary/aromatic N) is 2. The quantitative estimate of drug-likeness (QED) is 0.451. The lowest BCUT2D eigenvalue weighted by Gasteiger charge is -2.25. The van der Waals surface area contributed by atoms with Gasteiger partial charge in [0.2, 0.25) is 0 Å². The third-order valence-electron chi connectivity index (χ3n) is 4.71. The predicted octanol–water partition coefficient (Wildman–Crippen LogP) is 4.93. The molecule has 0 spiro atoms. The summed E-state index contributed by atoms with van der Waals surface area (Å²) in [6.07, 6.45) is 0.659. The van der Waals surface area contributed by atoms with Gasteiger partial charge in [-0.05, 0) is 29.8 Å². The maximum Gasteiger partial charge on any atom is 0.269 e. The molecule has 6 nitrogen and oxygen atoms in total. The number of hydrogen-bond acceptors (Lipinski definition) is 5. The number of nitro groups is 1. The number of non-ortho nitro benzene ring substituents is 1. The molecule has 6 heteroatoms. The van der Waals surface area contributed by atoms with E-state index in [1.165, 1.54) is 17.7 Å². The third-order valence-corrected chi connectivity index (χ3v) is 4.71. The van der Waals surface area contributed by atoms with Gasteiger partial charge in [-0.2, -0.15) is 0 Å². The topological polar surface area (TPSA) is 64.8 Å². The van der Waals surface area contributed by atoms with Gasteiger partial charge in [-0.15, -0.1) is 0 Å². The van der Waals surface area contributed by atoms with E-state index < -0.39 is 4.92 Å². The van der Waals surface area contributed by atoms with Gasteiger partial charge >= 0.3 is 0 Å². The van der Waals surface area contributed by atoms with Crippen LogP contribution < -0.4 is 9.80 Å². The number of rotatable bonds is 6. The Hall–Kier alpha value is -3.38. The summed E-state index contributed by atoms with van der Waals surface area (Å²) >= 11 is 0. The van der Waals surface area contributed by atoms with Gasteiger partial charge < -0.3 is 4.74 Å². The monoisotopic (exact) mass is 376 g/mol. The molecule has 0 N–H and O–H groups in total. The molecule has 0 saturated carbocycles. The first kappa shape index (κ1) is 18.0. The van der Waals surface area contributed by atoms with Crippen LogP contribution in [0.4, 0.5) is 11.4 Å². The SMILES string of the molecule is O=[N+]([O-])c1ccc(OC[C@@H]2C[C@@H](c3ccccc3)N(c3ccccc3)O2)cc1. The summed E-state index contributed by atoms with van der Waals surface area (Å²) < 4.78 is 5.82. The standard InChI is InChI=1S/C22H20N2O4/c25-24(26)19-11-13-20(14-12-19)27-16-21-15-22(17-7-3-1-4-8-17)23(28-21)18-9-5-2-6-10-18/h1-14,21-22H,15-16H2/t21-,22-/m0/s1. The van der Waals surface area contributed by atoms with Gasteiger partial charge in [0.05, 0.1) is 16.7 Å². The highest BCUT2D eigenvalue weighted by Crippen LogP contribution is 2.38. The summed E-state index contributed by atoms with van der Waals surface area (Å²) in [5.74, 6) is 0.587. The van der Waals surface area contributed by atoms with E-state index in [1.54, 1.807) is 12.1 Å². The van der Waals surface area contributed by atoms with E-state index in [-0.39, 0.29) is 17.8 Å². The summed E-state index contributed by atoms with van der Waals surface area (Å²) in [5.41, 5.74) is 2.22. The van der Waals surface area contributed by atoms with Crippen LogP contribution in [0.25, 0.3) is 0 Å².